The van der Waals surface area contributed by atoms with Gasteiger partial charge in [0.1, 0.15) is 5.58 Å². The summed E-state index contributed by atoms with van der Waals surface area (Å²) in [6, 6.07) is 7.71. The maximum atomic E-state index is 11.9. The molecule has 1 saturated heterocycles. The molecule has 0 radical (unpaired) electrons. The molecule has 24 heavy (non-hydrogen) atoms. The maximum absolute atomic E-state index is 11.9. The molecular weight excluding hydrogens is 304 g/mol. The van der Waals surface area contributed by atoms with Gasteiger partial charge in [0, 0.05) is 57.3 Å². The summed E-state index contributed by atoms with van der Waals surface area (Å²) in [7, 11) is 0. The zero-order valence-corrected chi connectivity index (χ0v) is 14.3. The van der Waals surface area contributed by atoms with E-state index >= 15 is 0 Å². The number of fused-ring (bicyclic) bond motifs is 1. The molecule has 0 atom stereocenters. The molecule has 1 aromatic carbocycles. The molecule has 2 aromatic rings. The van der Waals surface area contributed by atoms with Crippen molar-refractivity contribution >= 4 is 11.0 Å². The van der Waals surface area contributed by atoms with E-state index in [1.165, 1.54) is 5.56 Å². The minimum atomic E-state index is -0.275. The third-order valence-corrected chi connectivity index (χ3v) is 4.79. The minimum Gasteiger partial charge on any atom is -0.423 e. The lowest BCUT2D eigenvalue weighted by molar-refractivity contribution is 0.120. The van der Waals surface area contributed by atoms with Crippen LogP contribution in [0.1, 0.15) is 24.5 Å². The third kappa shape index (κ3) is 4.04. The molecule has 3 rings (SSSR count). The van der Waals surface area contributed by atoms with Crippen LogP contribution in [0.5, 0.6) is 0 Å². The predicted octanol–water partition coefficient (Wildman–Crippen LogP) is 1.86. The highest BCUT2D eigenvalue weighted by Gasteiger charge is 2.18. The van der Waals surface area contributed by atoms with Crippen molar-refractivity contribution < 1.29 is 9.52 Å². The van der Waals surface area contributed by atoms with Gasteiger partial charge in [0.25, 0.3) is 0 Å². The second-order valence-electron chi connectivity index (χ2n) is 6.47. The van der Waals surface area contributed by atoms with Crippen molar-refractivity contribution in [3.63, 3.8) is 0 Å². The number of rotatable bonds is 6. The zero-order chi connectivity index (χ0) is 16.9. The van der Waals surface area contributed by atoms with Crippen molar-refractivity contribution in [1.29, 1.82) is 0 Å². The largest absolute Gasteiger partial charge is 0.423 e. The van der Waals surface area contributed by atoms with Gasteiger partial charge in [0.05, 0.1) is 0 Å². The Kier molecular flexibility index (Phi) is 5.66. The summed E-state index contributed by atoms with van der Waals surface area (Å²) in [5, 5.41) is 9.99. The first-order valence-corrected chi connectivity index (χ1v) is 8.81. The molecule has 0 amide bonds. The van der Waals surface area contributed by atoms with E-state index in [1.54, 1.807) is 6.07 Å². The Balaban J connectivity index is 1.74. The van der Waals surface area contributed by atoms with Crippen LogP contribution < -0.4 is 5.63 Å². The molecule has 1 fully saturated rings. The lowest BCUT2D eigenvalue weighted by Crippen LogP contribution is -2.46. The van der Waals surface area contributed by atoms with Gasteiger partial charge in [-0.3, -0.25) is 4.90 Å². The average molecular weight is 330 g/mol. The highest BCUT2D eigenvalue weighted by atomic mass is 16.4. The number of hydrogen-bond donors (Lipinski definition) is 1. The smallest absolute Gasteiger partial charge is 0.336 e. The molecule has 1 N–H and O–H groups in total. The summed E-state index contributed by atoms with van der Waals surface area (Å²) in [6.07, 6.45) is 1.81. The van der Waals surface area contributed by atoms with Gasteiger partial charge in [-0.2, -0.15) is 0 Å². The van der Waals surface area contributed by atoms with Crippen molar-refractivity contribution in [1.82, 2.24) is 9.80 Å². The van der Waals surface area contributed by atoms with E-state index in [-0.39, 0.29) is 12.2 Å². The summed E-state index contributed by atoms with van der Waals surface area (Å²) in [5.74, 6) is 0. The molecule has 1 aliphatic rings. The number of hydrogen-bond acceptors (Lipinski definition) is 5. The fraction of sp³-hybridized carbons (Fsp3) is 0.526. The Morgan fingerprint density at radius 1 is 1.12 bits per heavy atom. The summed E-state index contributed by atoms with van der Waals surface area (Å²) >= 11 is 0. The number of aliphatic hydroxyl groups excluding tert-OH is 1. The van der Waals surface area contributed by atoms with Gasteiger partial charge in [-0.25, -0.2) is 4.79 Å². The lowest BCUT2D eigenvalue weighted by Gasteiger charge is -2.34. The molecule has 0 spiro atoms. The Labute approximate surface area is 142 Å². The second-order valence-corrected chi connectivity index (χ2v) is 6.47. The molecule has 1 aliphatic heterocycles. The summed E-state index contributed by atoms with van der Waals surface area (Å²) in [6.45, 7) is 8.13. The van der Waals surface area contributed by atoms with Gasteiger partial charge in [-0.1, -0.05) is 13.0 Å². The number of aryl methyl sites for hydroxylation is 1. The Morgan fingerprint density at radius 2 is 1.88 bits per heavy atom. The van der Waals surface area contributed by atoms with Crippen LogP contribution in [0.25, 0.3) is 11.0 Å². The monoisotopic (exact) mass is 330 g/mol. The van der Waals surface area contributed by atoms with Gasteiger partial charge in [0.2, 0.25) is 0 Å². The second kappa shape index (κ2) is 7.92. The van der Waals surface area contributed by atoms with Crippen molar-refractivity contribution in [2.24, 2.45) is 0 Å². The lowest BCUT2D eigenvalue weighted by atomic mass is 10.0. The number of benzene rings is 1. The first-order valence-electron chi connectivity index (χ1n) is 8.81. The molecule has 5 nitrogen and oxygen atoms in total. The van der Waals surface area contributed by atoms with Gasteiger partial charge in [-0.05, 0) is 36.1 Å². The van der Waals surface area contributed by atoms with Crippen molar-refractivity contribution in [2.45, 2.75) is 26.3 Å². The zero-order valence-electron chi connectivity index (χ0n) is 14.3. The van der Waals surface area contributed by atoms with Gasteiger partial charge >= 0.3 is 5.63 Å². The molecule has 0 saturated carbocycles. The summed E-state index contributed by atoms with van der Waals surface area (Å²) in [5.41, 5.74) is 2.71. The van der Waals surface area contributed by atoms with Crippen molar-refractivity contribution in [2.75, 3.05) is 39.3 Å². The first-order chi connectivity index (χ1) is 11.7. The first kappa shape index (κ1) is 17.1. The van der Waals surface area contributed by atoms with E-state index in [1.807, 2.05) is 12.1 Å². The Morgan fingerprint density at radius 3 is 2.58 bits per heavy atom. The van der Waals surface area contributed by atoms with Crippen LogP contribution in [-0.4, -0.2) is 54.2 Å². The molecule has 0 unspecified atom stereocenters. The highest BCUT2D eigenvalue weighted by Crippen LogP contribution is 2.21. The van der Waals surface area contributed by atoms with E-state index in [4.69, 9.17) is 9.52 Å². The van der Waals surface area contributed by atoms with Crippen molar-refractivity contribution in [3.05, 3.63) is 45.8 Å². The van der Waals surface area contributed by atoms with Crippen LogP contribution in [-0.2, 0) is 13.0 Å². The maximum Gasteiger partial charge on any atom is 0.336 e. The molecular formula is C19H26N2O3. The molecule has 130 valence electrons. The van der Waals surface area contributed by atoms with E-state index in [0.717, 1.165) is 63.1 Å². The standard InChI is InChI=1S/C19H26N2O3/c1-2-15-4-5-18-17(12-15)16(13-19(23)24-18)14-21-9-7-20(8-10-21)6-3-11-22/h4-5,12-13,22H,2-3,6-11,14H2,1H3. The summed E-state index contributed by atoms with van der Waals surface area (Å²) in [4.78, 5) is 16.6. The molecule has 5 heteroatoms. The van der Waals surface area contributed by atoms with Gasteiger partial charge < -0.3 is 14.4 Å². The van der Waals surface area contributed by atoms with E-state index in [0.29, 0.717) is 5.58 Å². The number of aliphatic hydroxyl groups is 1. The molecule has 0 bridgehead atoms. The average Bonchev–Trinajstić information content (AvgIpc) is 2.60. The number of nitrogens with zero attached hydrogens (tertiary/aromatic N) is 2. The molecule has 2 heterocycles. The van der Waals surface area contributed by atoms with E-state index in [2.05, 4.69) is 22.8 Å². The SMILES string of the molecule is CCc1ccc2oc(=O)cc(CN3CCN(CCCO)CC3)c2c1. The summed E-state index contributed by atoms with van der Waals surface area (Å²) < 4.78 is 5.35. The topological polar surface area (TPSA) is 56.9 Å². The quantitative estimate of drug-likeness (QED) is 0.819. The third-order valence-electron chi connectivity index (χ3n) is 4.79. The highest BCUT2D eigenvalue weighted by molar-refractivity contribution is 5.80. The Hall–Kier alpha value is -1.69. The van der Waals surface area contributed by atoms with Crippen LogP contribution in [0.3, 0.4) is 0 Å². The fourth-order valence-electron chi connectivity index (χ4n) is 3.33. The molecule has 1 aromatic heterocycles. The van der Waals surface area contributed by atoms with Crippen LogP contribution in [0.2, 0.25) is 0 Å². The van der Waals surface area contributed by atoms with E-state index < -0.39 is 0 Å². The van der Waals surface area contributed by atoms with Gasteiger partial charge in [0.15, 0.2) is 0 Å². The number of piperazine rings is 1. The van der Waals surface area contributed by atoms with Crippen LogP contribution in [0.4, 0.5) is 0 Å². The van der Waals surface area contributed by atoms with Gasteiger partial charge in [-0.15, -0.1) is 0 Å². The normalized spacial score (nSPS) is 16.8. The molecule has 0 aliphatic carbocycles. The van der Waals surface area contributed by atoms with E-state index in [9.17, 15) is 4.79 Å². The Bertz CT molecular complexity index is 733. The predicted molar refractivity (Wildman–Crippen MR) is 95.3 cm³/mol. The minimum absolute atomic E-state index is 0.256. The fourth-order valence-corrected chi connectivity index (χ4v) is 3.33. The van der Waals surface area contributed by atoms with Crippen LogP contribution >= 0.6 is 0 Å². The van der Waals surface area contributed by atoms with Crippen LogP contribution in [0, 0.1) is 0 Å². The van der Waals surface area contributed by atoms with Crippen LogP contribution in [0.15, 0.2) is 33.5 Å². The van der Waals surface area contributed by atoms with Crippen molar-refractivity contribution in [3.8, 4) is 0 Å².